The number of aromatic nitrogens is 4. The maximum Gasteiger partial charge on any atom is 0.573 e. The van der Waals surface area contributed by atoms with Crippen molar-refractivity contribution in [1.82, 2.24) is 19.8 Å². The van der Waals surface area contributed by atoms with Crippen LogP contribution < -0.4 is 4.74 Å². The molecule has 2 heterocycles. The van der Waals surface area contributed by atoms with Crippen molar-refractivity contribution in [2.45, 2.75) is 38.0 Å². The van der Waals surface area contributed by atoms with Gasteiger partial charge in [0.05, 0.1) is 0 Å². The van der Waals surface area contributed by atoms with Crippen LogP contribution in [0.4, 0.5) is 13.2 Å². The zero-order valence-electron chi connectivity index (χ0n) is 12.5. The van der Waals surface area contributed by atoms with Gasteiger partial charge in [-0.3, -0.25) is 0 Å². The molecular formula is C15H13F3N4OS. The molecule has 0 unspecified atom stereocenters. The molecule has 0 radical (unpaired) electrons. The smallest absolute Gasteiger partial charge is 0.405 e. The van der Waals surface area contributed by atoms with Crippen LogP contribution in [0.1, 0.15) is 41.6 Å². The van der Waals surface area contributed by atoms with Gasteiger partial charge in [0, 0.05) is 17.9 Å². The Balaban J connectivity index is 1.63. The maximum absolute atomic E-state index is 12.5. The van der Waals surface area contributed by atoms with Gasteiger partial charge in [-0.25, -0.2) is 0 Å². The molecule has 9 heteroatoms. The van der Waals surface area contributed by atoms with Crippen molar-refractivity contribution in [3.63, 3.8) is 0 Å². The summed E-state index contributed by atoms with van der Waals surface area (Å²) in [6, 6.07) is 6.04. The van der Waals surface area contributed by atoms with Gasteiger partial charge in [-0.05, 0) is 18.9 Å². The molecule has 0 saturated heterocycles. The Kier molecular flexibility index (Phi) is 3.67. The number of hydrogen-bond donors (Lipinski definition) is 0. The van der Waals surface area contributed by atoms with E-state index in [1.807, 2.05) is 0 Å². The second-order valence-electron chi connectivity index (χ2n) is 5.71. The number of benzene rings is 1. The molecule has 3 aromatic rings. The summed E-state index contributed by atoms with van der Waals surface area (Å²) < 4.78 is 43.3. The number of rotatable bonds is 4. The Bertz CT molecular complexity index is 869. The molecule has 0 atom stereocenters. The number of halogens is 3. The van der Waals surface area contributed by atoms with E-state index in [2.05, 4.69) is 20.0 Å². The van der Waals surface area contributed by atoms with E-state index in [-0.39, 0.29) is 12.2 Å². The fraction of sp³-hybridized carbons (Fsp3) is 0.400. The molecule has 4 rings (SSSR count). The minimum absolute atomic E-state index is 0.168. The lowest BCUT2D eigenvalue weighted by molar-refractivity contribution is -0.274. The monoisotopic (exact) mass is 354 g/mol. The van der Waals surface area contributed by atoms with E-state index in [4.69, 9.17) is 0 Å². The third-order valence-corrected chi connectivity index (χ3v) is 5.13. The van der Waals surface area contributed by atoms with Gasteiger partial charge in [-0.1, -0.05) is 36.0 Å². The van der Waals surface area contributed by atoms with Gasteiger partial charge in [-0.2, -0.15) is 9.61 Å². The topological polar surface area (TPSA) is 52.3 Å². The van der Waals surface area contributed by atoms with Gasteiger partial charge >= 0.3 is 6.36 Å². The molecule has 1 aliphatic carbocycles. The Labute approximate surface area is 139 Å². The van der Waals surface area contributed by atoms with Crippen LogP contribution >= 0.6 is 11.3 Å². The highest BCUT2D eigenvalue weighted by Crippen LogP contribution is 2.38. The zero-order chi connectivity index (χ0) is 16.7. The van der Waals surface area contributed by atoms with Crippen LogP contribution in [0, 0.1) is 0 Å². The third kappa shape index (κ3) is 2.95. The summed E-state index contributed by atoms with van der Waals surface area (Å²) >= 11 is 1.49. The quantitative estimate of drug-likeness (QED) is 0.712. The molecule has 0 N–H and O–H groups in total. The molecule has 126 valence electrons. The first kappa shape index (κ1) is 15.4. The average molecular weight is 354 g/mol. The molecule has 5 nitrogen and oxygen atoms in total. The molecule has 2 aromatic heterocycles. The van der Waals surface area contributed by atoms with E-state index >= 15 is 0 Å². The molecule has 1 saturated carbocycles. The first-order valence-corrected chi connectivity index (χ1v) is 8.36. The summed E-state index contributed by atoms with van der Waals surface area (Å²) in [7, 11) is 0. The SMILES string of the molecule is FC(F)(F)Oc1ccccc1Cc1nnc2sc(C3CCC3)nn12. The summed E-state index contributed by atoms with van der Waals surface area (Å²) in [5.41, 5.74) is 0.391. The summed E-state index contributed by atoms with van der Waals surface area (Å²) in [6.45, 7) is 0. The van der Waals surface area contributed by atoms with Crippen LogP contribution in [0.3, 0.4) is 0 Å². The Morgan fingerprint density at radius 1 is 1.21 bits per heavy atom. The number of ether oxygens (including phenoxy) is 1. The van der Waals surface area contributed by atoms with Crippen LogP contribution in [-0.2, 0) is 6.42 Å². The molecule has 0 spiro atoms. The summed E-state index contributed by atoms with van der Waals surface area (Å²) in [6.07, 6.45) is -1.10. The van der Waals surface area contributed by atoms with Crippen LogP contribution in [0.5, 0.6) is 5.75 Å². The lowest BCUT2D eigenvalue weighted by Crippen LogP contribution is -2.18. The third-order valence-electron chi connectivity index (χ3n) is 4.07. The number of nitrogens with zero attached hydrogens (tertiary/aromatic N) is 4. The van der Waals surface area contributed by atoms with Crippen molar-refractivity contribution < 1.29 is 17.9 Å². The Morgan fingerprint density at radius 2 is 2.00 bits per heavy atom. The normalized spacial score (nSPS) is 15.6. The fourth-order valence-electron chi connectivity index (χ4n) is 2.65. The van der Waals surface area contributed by atoms with Crippen LogP contribution in [0.25, 0.3) is 4.96 Å². The van der Waals surface area contributed by atoms with Gasteiger partial charge in [0.15, 0.2) is 5.82 Å². The number of alkyl halides is 3. The van der Waals surface area contributed by atoms with Gasteiger partial charge in [-0.15, -0.1) is 23.4 Å². The van der Waals surface area contributed by atoms with Crippen molar-refractivity contribution in [3.8, 4) is 5.75 Å². The highest BCUT2D eigenvalue weighted by atomic mass is 32.1. The Hall–Kier alpha value is -2.16. The van der Waals surface area contributed by atoms with E-state index in [1.165, 1.54) is 29.9 Å². The molecule has 1 aromatic carbocycles. The van der Waals surface area contributed by atoms with Crippen molar-refractivity contribution in [2.75, 3.05) is 0 Å². The number of para-hydroxylation sites is 1. The van der Waals surface area contributed by atoms with E-state index in [0.29, 0.717) is 22.3 Å². The van der Waals surface area contributed by atoms with Crippen molar-refractivity contribution in [3.05, 3.63) is 40.7 Å². The summed E-state index contributed by atoms with van der Waals surface area (Å²) in [4.78, 5) is 0.668. The van der Waals surface area contributed by atoms with E-state index in [1.54, 1.807) is 16.6 Å². The second-order valence-corrected chi connectivity index (χ2v) is 6.70. The number of hydrogen-bond acceptors (Lipinski definition) is 5. The minimum Gasteiger partial charge on any atom is -0.405 e. The van der Waals surface area contributed by atoms with Crippen molar-refractivity contribution >= 4 is 16.3 Å². The highest BCUT2D eigenvalue weighted by molar-refractivity contribution is 7.16. The standard InChI is InChI=1S/C15H13F3N4OS/c16-15(17,18)23-11-7-2-1-4-10(11)8-12-19-20-14-22(12)21-13(24-14)9-5-3-6-9/h1-2,4,7,9H,3,5-6,8H2. The fourth-order valence-corrected chi connectivity index (χ4v) is 3.67. The Morgan fingerprint density at radius 3 is 2.71 bits per heavy atom. The highest BCUT2D eigenvalue weighted by Gasteiger charge is 2.32. The molecule has 1 fully saturated rings. The summed E-state index contributed by atoms with van der Waals surface area (Å²) in [5, 5.41) is 13.7. The molecular weight excluding hydrogens is 341 g/mol. The maximum atomic E-state index is 12.5. The van der Waals surface area contributed by atoms with Gasteiger partial charge < -0.3 is 4.74 Å². The van der Waals surface area contributed by atoms with Gasteiger partial charge in [0.25, 0.3) is 0 Å². The van der Waals surface area contributed by atoms with Crippen LogP contribution in [-0.4, -0.2) is 26.2 Å². The average Bonchev–Trinajstić information content (AvgIpc) is 2.99. The predicted octanol–water partition coefficient (Wildman–Crippen LogP) is 3.94. The second kappa shape index (κ2) is 5.73. The zero-order valence-corrected chi connectivity index (χ0v) is 13.3. The van der Waals surface area contributed by atoms with Gasteiger partial charge in [0.1, 0.15) is 10.8 Å². The van der Waals surface area contributed by atoms with Crippen molar-refractivity contribution in [1.29, 1.82) is 0 Å². The minimum atomic E-state index is -4.73. The van der Waals surface area contributed by atoms with E-state index in [9.17, 15) is 13.2 Å². The molecule has 1 aliphatic rings. The first-order chi connectivity index (χ1) is 11.5. The summed E-state index contributed by atoms with van der Waals surface area (Å²) in [5.74, 6) is 0.756. The van der Waals surface area contributed by atoms with Crippen molar-refractivity contribution in [2.24, 2.45) is 0 Å². The molecule has 0 bridgehead atoms. The predicted molar refractivity (Wildman–Crippen MR) is 81.2 cm³/mol. The van der Waals surface area contributed by atoms with E-state index in [0.717, 1.165) is 17.8 Å². The molecule has 0 aliphatic heterocycles. The largest absolute Gasteiger partial charge is 0.573 e. The molecule has 0 amide bonds. The first-order valence-electron chi connectivity index (χ1n) is 7.54. The number of fused-ring (bicyclic) bond motifs is 1. The van der Waals surface area contributed by atoms with E-state index < -0.39 is 6.36 Å². The van der Waals surface area contributed by atoms with Gasteiger partial charge in [0.2, 0.25) is 4.96 Å². The lowest BCUT2D eigenvalue weighted by atomic mass is 9.86. The molecule has 24 heavy (non-hydrogen) atoms. The van der Waals surface area contributed by atoms with Crippen LogP contribution in [0.2, 0.25) is 0 Å². The van der Waals surface area contributed by atoms with Crippen LogP contribution in [0.15, 0.2) is 24.3 Å². The lowest BCUT2D eigenvalue weighted by Gasteiger charge is -2.21.